The highest BCUT2D eigenvalue weighted by molar-refractivity contribution is 7.21. The minimum absolute atomic E-state index is 0.0828. The standard InChI is InChI=1S/C23H25N3O2S/c1-3-4-11-26-14-17(13-21(26)27)22(28)24-18-8-6-16(7-9-18)23-25-19-10-5-15(2)12-20(19)29-23/h5-10,12,17H,3-4,11,13-14H2,1-2H3,(H,24,28)/t17-/m1/s1. The number of likely N-dealkylation sites (tertiary alicyclic amines) is 1. The van der Waals surface area contributed by atoms with Crippen LogP contribution in [0.25, 0.3) is 20.8 Å². The molecule has 0 saturated carbocycles. The maximum Gasteiger partial charge on any atom is 0.229 e. The van der Waals surface area contributed by atoms with E-state index in [0.29, 0.717) is 13.0 Å². The Morgan fingerprint density at radius 2 is 2.03 bits per heavy atom. The van der Waals surface area contributed by atoms with E-state index in [1.54, 1.807) is 11.3 Å². The van der Waals surface area contributed by atoms with Crippen LogP contribution in [0, 0.1) is 12.8 Å². The third-order valence-electron chi connectivity index (χ3n) is 5.31. The highest BCUT2D eigenvalue weighted by atomic mass is 32.1. The number of nitrogens with one attached hydrogen (secondary N) is 1. The first-order valence-corrected chi connectivity index (χ1v) is 10.9. The summed E-state index contributed by atoms with van der Waals surface area (Å²) < 4.78 is 1.18. The third-order valence-corrected chi connectivity index (χ3v) is 6.38. The van der Waals surface area contributed by atoms with Crippen molar-refractivity contribution < 1.29 is 9.59 Å². The highest BCUT2D eigenvalue weighted by Gasteiger charge is 2.33. The van der Waals surface area contributed by atoms with Crippen molar-refractivity contribution in [2.45, 2.75) is 33.1 Å². The molecule has 29 heavy (non-hydrogen) atoms. The van der Waals surface area contributed by atoms with Gasteiger partial charge in [-0.3, -0.25) is 9.59 Å². The number of anilines is 1. The van der Waals surface area contributed by atoms with E-state index >= 15 is 0 Å². The van der Waals surface area contributed by atoms with Gasteiger partial charge in [0.25, 0.3) is 0 Å². The van der Waals surface area contributed by atoms with Crippen molar-refractivity contribution >= 4 is 39.1 Å². The molecule has 0 radical (unpaired) electrons. The van der Waals surface area contributed by atoms with E-state index in [-0.39, 0.29) is 17.7 Å². The lowest BCUT2D eigenvalue weighted by molar-refractivity contribution is -0.128. The van der Waals surface area contributed by atoms with Crippen molar-refractivity contribution in [1.29, 1.82) is 0 Å². The zero-order chi connectivity index (χ0) is 20.4. The smallest absolute Gasteiger partial charge is 0.229 e. The van der Waals surface area contributed by atoms with Gasteiger partial charge in [0.05, 0.1) is 16.1 Å². The lowest BCUT2D eigenvalue weighted by atomic mass is 10.1. The fourth-order valence-electron chi connectivity index (χ4n) is 3.61. The van der Waals surface area contributed by atoms with Crippen molar-refractivity contribution in [3.8, 4) is 10.6 Å². The molecule has 5 nitrogen and oxygen atoms in total. The van der Waals surface area contributed by atoms with Crippen molar-refractivity contribution in [2.24, 2.45) is 5.92 Å². The number of nitrogens with zero attached hydrogens (tertiary/aromatic N) is 2. The number of aryl methyl sites for hydroxylation is 1. The van der Waals surface area contributed by atoms with Crippen LogP contribution < -0.4 is 5.32 Å². The molecular weight excluding hydrogens is 382 g/mol. The zero-order valence-electron chi connectivity index (χ0n) is 16.8. The molecule has 0 spiro atoms. The lowest BCUT2D eigenvalue weighted by Gasteiger charge is -2.16. The van der Waals surface area contributed by atoms with E-state index in [4.69, 9.17) is 4.98 Å². The van der Waals surface area contributed by atoms with E-state index in [2.05, 4.69) is 31.3 Å². The van der Waals surface area contributed by atoms with Crippen LogP contribution in [-0.4, -0.2) is 34.8 Å². The lowest BCUT2D eigenvalue weighted by Crippen LogP contribution is -2.29. The van der Waals surface area contributed by atoms with Crippen molar-refractivity contribution in [3.05, 3.63) is 48.0 Å². The molecule has 0 aliphatic carbocycles. The number of benzene rings is 2. The molecule has 1 aromatic heterocycles. The Morgan fingerprint density at radius 1 is 1.24 bits per heavy atom. The van der Waals surface area contributed by atoms with E-state index in [1.165, 1.54) is 10.3 Å². The molecule has 2 aromatic carbocycles. The predicted molar refractivity (Wildman–Crippen MR) is 118 cm³/mol. The maximum atomic E-state index is 12.6. The van der Waals surface area contributed by atoms with Gasteiger partial charge in [0.2, 0.25) is 11.8 Å². The van der Waals surface area contributed by atoms with Crippen LogP contribution in [0.4, 0.5) is 5.69 Å². The minimum Gasteiger partial charge on any atom is -0.342 e. The molecule has 1 aliphatic rings. The first kappa shape index (κ1) is 19.6. The van der Waals surface area contributed by atoms with Gasteiger partial charge >= 0.3 is 0 Å². The summed E-state index contributed by atoms with van der Waals surface area (Å²) in [7, 11) is 0. The minimum atomic E-state index is -0.272. The molecular formula is C23H25N3O2S. The first-order chi connectivity index (χ1) is 14.0. The molecule has 0 bridgehead atoms. The normalized spacial score (nSPS) is 16.6. The van der Waals surface area contributed by atoms with Crippen LogP contribution in [0.1, 0.15) is 31.7 Å². The van der Waals surface area contributed by atoms with Crippen LogP contribution >= 0.6 is 11.3 Å². The molecule has 2 heterocycles. The summed E-state index contributed by atoms with van der Waals surface area (Å²) in [6.45, 7) is 5.45. The van der Waals surface area contributed by atoms with Crippen molar-refractivity contribution in [1.82, 2.24) is 9.88 Å². The van der Waals surface area contributed by atoms with E-state index in [1.807, 2.05) is 35.2 Å². The van der Waals surface area contributed by atoms with Gasteiger partial charge in [-0.15, -0.1) is 11.3 Å². The van der Waals surface area contributed by atoms with Gasteiger partial charge in [-0.1, -0.05) is 19.4 Å². The largest absolute Gasteiger partial charge is 0.342 e. The summed E-state index contributed by atoms with van der Waals surface area (Å²) in [5, 5.41) is 3.93. The number of rotatable bonds is 6. The summed E-state index contributed by atoms with van der Waals surface area (Å²) in [6, 6.07) is 14.0. The molecule has 4 rings (SSSR count). The summed E-state index contributed by atoms with van der Waals surface area (Å²) in [5.41, 5.74) is 4.01. The second-order valence-corrected chi connectivity index (χ2v) is 8.68. The Hall–Kier alpha value is -2.73. The third kappa shape index (κ3) is 4.32. The zero-order valence-corrected chi connectivity index (χ0v) is 17.6. The average Bonchev–Trinajstić information content (AvgIpc) is 3.30. The number of carbonyl (C=O) groups excluding carboxylic acids is 2. The monoisotopic (exact) mass is 407 g/mol. The van der Waals surface area contributed by atoms with Crippen molar-refractivity contribution in [2.75, 3.05) is 18.4 Å². The number of hydrogen-bond acceptors (Lipinski definition) is 4. The quantitative estimate of drug-likeness (QED) is 0.635. The van der Waals surface area contributed by atoms with E-state index in [0.717, 1.165) is 41.2 Å². The second kappa shape index (κ2) is 8.33. The Labute approximate surface area is 174 Å². The van der Waals surface area contributed by atoms with Crippen LogP contribution in [0.3, 0.4) is 0 Å². The molecule has 1 saturated heterocycles. The molecule has 0 unspecified atom stereocenters. The van der Waals surface area contributed by atoms with Gasteiger partial charge in [-0.2, -0.15) is 0 Å². The van der Waals surface area contributed by atoms with Crippen LogP contribution in [-0.2, 0) is 9.59 Å². The summed E-state index contributed by atoms with van der Waals surface area (Å²) >= 11 is 1.67. The van der Waals surface area contributed by atoms with Crippen LogP contribution in [0.15, 0.2) is 42.5 Å². The van der Waals surface area contributed by atoms with Gasteiger partial charge in [0, 0.05) is 30.8 Å². The Balaban J connectivity index is 1.41. The molecule has 1 N–H and O–H groups in total. The predicted octanol–water partition coefficient (Wildman–Crippen LogP) is 4.86. The Bertz CT molecular complexity index is 1040. The maximum absolute atomic E-state index is 12.6. The SMILES string of the molecule is CCCCN1C[C@H](C(=O)Nc2ccc(-c3nc4ccc(C)cc4s3)cc2)CC1=O. The van der Waals surface area contributed by atoms with E-state index < -0.39 is 0 Å². The first-order valence-electron chi connectivity index (χ1n) is 10.1. The fraction of sp³-hybridized carbons (Fsp3) is 0.348. The average molecular weight is 408 g/mol. The fourth-order valence-corrected chi connectivity index (χ4v) is 4.68. The van der Waals surface area contributed by atoms with Crippen LogP contribution in [0.5, 0.6) is 0 Å². The van der Waals surface area contributed by atoms with Gasteiger partial charge in [-0.25, -0.2) is 4.98 Å². The molecule has 1 aliphatic heterocycles. The summed E-state index contributed by atoms with van der Waals surface area (Å²) in [6.07, 6.45) is 2.33. The molecule has 6 heteroatoms. The number of unbranched alkanes of at least 4 members (excludes halogenated alkanes) is 1. The number of aromatic nitrogens is 1. The molecule has 1 atom stereocenters. The Morgan fingerprint density at radius 3 is 2.79 bits per heavy atom. The summed E-state index contributed by atoms with van der Waals surface area (Å²) in [5.74, 6) is -0.271. The molecule has 150 valence electrons. The summed E-state index contributed by atoms with van der Waals surface area (Å²) in [4.78, 5) is 31.2. The topological polar surface area (TPSA) is 62.3 Å². The number of hydrogen-bond donors (Lipinski definition) is 1. The van der Waals surface area contributed by atoms with Gasteiger partial charge < -0.3 is 10.2 Å². The molecule has 2 amide bonds. The van der Waals surface area contributed by atoms with Gasteiger partial charge in [-0.05, 0) is 55.3 Å². The van der Waals surface area contributed by atoms with Crippen LogP contribution in [0.2, 0.25) is 0 Å². The number of thiazole rings is 1. The second-order valence-electron chi connectivity index (χ2n) is 7.65. The highest BCUT2D eigenvalue weighted by Crippen LogP contribution is 2.31. The Kier molecular flexibility index (Phi) is 5.62. The van der Waals surface area contributed by atoms with E-state index in [9.17, 15) is 9.59 Å². The molecule has 3 aromatic rings. The number of amides is 2. The number of fused-ring (bicyclic) bond motifs is 1. The van der Waals surface area contributed by atoms with Crippen molar-refractivity contribution in [3.63, 3.8) is 0 Å². The molecule has 1 fully saturated rings. The number of carbonyl (C=O) groups is 2. The van der Waals surface area contributed by atoms with Gasteiger partial charge in [0.1, 0.15) is 5.01 Å². The van der Waals surface area contributed by atoms with Gasteiger partial charge in [0.15, 0.2) is 0 Å².